The molecule has 0 aliphatic heterocycles. The van der Waals surface area contributed by atoms with Gasteiger partial charge in [-0.3, -0.25) is 0 Å². The van der Waals surface area contributed by atoms with Crippen molar-refractivity contribution in [3.05, 3.63) is 33.5 Å². The molecule has 1 aromatic rings. The molecular weight excluding hydrogens is 281 g/mol. The molecule has 0 amide bonds. The quantitative estimate of drug-likeness (QED) is 0.876. The van der Waals surface area contributed by atoms with Gasteiger partial charge in [0.1, 0.15) is 5.82 Å². The Balaban J connectivity index is 2.53. The molecule has 0 radical (unpaired) electrons. The van der Waals surface area contributed by atoms with Gasteiger partial charge in [0.2, 0.25) is 0 Å². The third kappa shape index (κ3) is 2.27. The van der Waals surface area contributed by atoms with E-state index in [0.717, 1.165) is 35.7 Å². The van der Waals surface area contributed by atoms with Crippen molar-refractivity contribution in [1.82, 2.24) is 0 Å². The normalized spacial score (nSPS) is 19.3. The summed E-state index contributed by atoms with van der Waals surface area (Å²) in [5.74, 6) is -0.0771. The predicted octanol–water partition coefficient (Wildman–Crippen LogP) is 4.06. The summed E-state index contributed by atoms with van der Waals surface area (Å²) in [6.45, 7) is 2.35. The maximum Gasteiger partial charge on any atom is 0.131 e. The number of aryl methyl sites for hydroxylation is 1. The second-order valence-electron chi connectivity index (χ2n) is 5.10. The lowest BCUT2D eigenvalue weighted by atomic mass is 9.69. The zero-order chi connectivity index (χ0) is 12.5. The lowest BCUT2D eigenvalue weighted by Crippen LogP contribution is -2.38. The van der Waals surface area contributed by atoms with E-state index in [1.54, 1.807) is 0 Å². The summed E-state index contributed by atoms with van der Waals surface area (Å²) >= 11 is 3.50. The molecule has 1 aromatic carbocycles. The molecule has 0 bridgehead atoms. The van der Waals surface area contributed by atoms with E-state index >= 15 is 0 Å². The number of halogens is 2. The first kappa shape index (κ1) is 13.0. The number of rotatable bonds is 2. The third-order valence-electron chi connectivity index (χ3n) is 4.02. The fourth-order valence-corrected chi connectivity index (χ4v) is 3.65. The lowest BCUT2D eigenvalue weighted by molar-refractivity contribution is 0.290. The van der Waals surface area contributed by atoms with Crippen molar-refractivity contribution in [1.29, 1.82) is 0 Å². The van der Waals surface area contributed by atoms with E-state index in [1.807, 2.05) is 19.1 Å². The van der Waals surface area contributed by atoms with Gasteiger partial charge in [-0.25, -0.2) is 4.39 Å². The van der Waals surface area contributed by atoms with Crippen molar-refractivity contribution >= 4 is 15.9 Å². The molecule has 1 nitrogen and oxygen atoms in total. The van der Waals surface area contributed by atoms with Crippen molar-refractivity contribution in [2.45, 2.75) is 44.4 Å². The summed E-state index contributed by atoms with van der Waals surface area (Å²) in [6.07, 6.45) is 5.55. The fourth-order valence-electron chi connectivity index (χ4n) is 2.93. The van der Waals surface area contributed by atoms with Crippen LogP contribution in [0.15, 0.2) is 16.6 Å². The molecule has 1 aliphatic carbocycles. The van der Waals surface area contributed by atoms with Crippen LogP contribution in [0.1, 0.15) is 43.2 Å². The minimum Gasteiger partial charge on any atom is -0.330 e. The highest BCUT2D eigenvalue weighted by molar-refractivity contribution is 9.10. The van der Waals surface area contributed by atoms with E-state index in [2.05, 4.69) is 15.9 Å². The van der Waals surface area contributed by atoms with E-state index in [4.69, 9.17) is 5.73 Å². The summed E-state index contributed by atoms with van der Waals surface area (Å²) in [6, 6.07) is 3.76. The van der Waals surface area contributed by atoms with Crippen molar-refractivity contribution in [3.63, 3.8) is 0 Å². The Kier molecular flexibility index (Phi) is 3.88. The molecule has 2 rings (SSSR count). The number of hydrogen-bond acceptors (Lipinski definition) is 1. The van der Waals surface area contributed by atoms with Gasteiger partial charge in [0, 0.05) is 22.0 Å². The molecule has 0 saturated heterocycles. The summed E-state index contributed by atoms with van der Waals surface area (Å²) in [5, 5.41) is 0. The Morgan fingerprint density at radius 1 is 1.29 bits per heavy atom. The van der Waals surface area contributed by atoms with E-state index in [-0.39, 0.29) is 11.2 Å². The molecule has 94 valence electrons. The van der Waals surface area contributed by atoms with Crippen LogP contribution < -0.4 is 5.73 Å². The average molecular weight is 300 g/mol. The van der Waals surface area contributed by atoms with Crippen LogP contribution in [0.3, 0.4) is 0 Å². The molecule has 0 spiro atoms. The van der Waals surface area contributed by atoms with Crippen LogP contribution in [0, 0.1) is 12.7 Å². The SMILES string of the molecule is Cc1ccc(Br)c(C2(CN)CCCCC2)c1F. The van der Waals surface area contributed by atoms with Crippen LogP contribution in [0.4, 0.5) is 4.39 Å². The van der Waals surface area contributed by atoms with E-state index < -0.39 is 0 Å². The molecule has 0 aromatic heterocycles. The second-order valence-corrected chi connectivity index (χ2v) is 5.95. The predicted molar refractivity (Wildman–Crippen MR) is 72.7 cm³/mol. The third-order valence-corrected chi connectivity index (χ3v) is 4.68. The molecule has 3 heteroatoms. The molecule has 1 saturated carbocycles. The zero-order valence-corrected chi connectivity index (χ0v) is 11.8. The van der Waals surface area contributed by atoms with Gasteiger partial charge in [-0.2, -0.15) is 0 Å². The fraction of sp³-hybridized carbons (Fsp3) is 0.571. The summed E-state index contributed by atoms with van der Waals surface area (Å²) in [4.78, 5) is 0. The smallest absolute Gasteiger partial charge is 0.131 e. The maximum absolute atomic E-state index is 14.4. The highest BCUT2D eigenvalue weighted by Gasteiger charge is 2.36. The molecule has 17 heavy (non-hydrogen) atoms. The second kappa shape index (κ2) is 5.07. The topological polar surface area (TPSA) is 26.0 Å². The van der Waals surface area contributed by atoms with Crippen LogP contribution in [-0.2, 0) is 5.41 Å². The molecule has 1 fully saturated rings. The van der Waals surface area contributed by atoms with E-state index in [1.165, 1.54) is 6.42 Å². The van der Waals surface area contributed by atoms with Gasteiger partial charge >= 0.3 is 0 Å². The lowest BCUT2D eigenvalue weighted by Gasteiger charge is -2.38. The van der Waals surface area contributed by atoms with Crippen LogP contribution in [0.25, 0.3) is 0 Å². The van der Waals surface area contributed by atoms with Gasteiger partial charge in [0.15, 0.2) is 0 Å². The van der Waals surface area contributed by atoms with Gasteiger partial charge in [0.05, 0.1) is 0 Å². The monoisotopic (exact) mass is 299 g/mol. The Hall–Kier alpha value is -0.410. The first-order chi connectivity index (χ1) is 8.10. The van der Waals surface area contributed by atoms with Crippen LogP contribution >= 0.6 is 15.9 Å². The van der Waals surface area contributed by atoms with Crippen molar-refractivity contribution in [2.24, 2.45) is 5.73 Å². The Labute approximate surface area is 111 Å². The number of hydrogen-bond donors (Lipinski definition) is 1. The number of benzene rings is 1. The zero-order valence-electron chi connectivity index (χ0n) is 10.2. The molecule has 0 unspecified atom stereocenters. The standard InChI is InChI=1S/C14H19BrFN/c1-10-5-6-11(15)12(13(10)16)14(9-17)7-3-2-4-8-14/h5-6H,2-4,7-9,17H2,1H3. The van der Waals surface area contributed by atoms with Crippen LogP contribution in [-0.4, -0.2) is 6.54 Å². The van der Waals surface area contributed by atoms with Crippen molar-refractivity contribution in [2.75, 3.05) is 6.54 Å². The van der Waals surface area contributed by atoms with E-state index in [9.17, 15) is 4.39 Å². The maximum atomic E-state index is 14.4. The molecule has 1 aliphatic rings. The summed E-state index contributed by atoms with van der Waals surface area (Å²) < 4.78 is 15.3. The van der Waals surface area contributed by atoms with Crippen LogP contribution in [0.5, 0.6) is 0 Å². The van der Waals surface area contributed by atoms with Gasteiger partial charge in [0.25, 0.3) is 0 Å². The van der Waals surface area contributed by atoms with Gasteiger partial charge in [-0.05, 0) is 31.4 Å². The Morgan fingerprint density at radius 3 is 2.53 bits per heavy atom. The van der Waals surface area contributed by atoms with Gasteiger partial charge in [-0.1, -0.05) is 41.3 Å². The van der Waals surface area contributed by atoms with E-state index in [0.29, 0.717) is 12.1 Å². The summed E-state index contributed by atoms with van der Waals surface area (Å²) in [5.41, 5.74) is 7.33. The molecule has 0 atom stereocenters. The minimum atomic E-state index is -0.160. The molecule has 0 heterocycles. The van der Waals surface area contributed by atoms with Gasteiger partial charge in [-0.15, -0.1) is 0 Å². The Morgan fingerprint density at radius 2 is 1.94 bits per heavy atom. The minimum absolute atomic E-state index is 0.0771. The molecular formula is C14H19BrFN. The van der Waals surface area contributed by atoms with Crippen molar-refractivity contribution < 1.29 is 4.39 Å². The molecule has 2 N–H and O–H groups in total. The highest BCUT2D eigenvalue weighted by Crippen LogP contribution is 2.43. The Bertz CT molecular complexity index is 411. The summed E-state index contributed by atoms with van der Waals surface area (Å²) in [7, 11) is 0. The van der Waals surface area contributed by atoms with Crippen molar-refractivity contribution in [3.8, 4) is 0 Å². The highest BCUT2D eigenvalue weighted by atomic mass is 79.9. The van der Waals surface area contributed by atoms with Gasteiger partial charge < -0.3 is 5.73 Å². The number of nitrogens with two attached hydrogens (primary N) is 1. The average Bonchev–Trinajstić information content (AvgIpc) is 2.35. The van der Waals surface area contributed by atoms with Crippen LogP contribution in [0.2, 0.25) is 0 Å². The first-order valence-corrected chi connectivity index (χ1v) is 7.05. The largest absolute Gasteiger partial charge is 0.330 e. The first-order valence-electron chi connectivity index (χ1n) is 6.26.